The van der Waals surface area contributed by atoms with Crippen molar-refractivity contribution in [3.8, 4) is 11.3 Å². The molecule has 142 valence electrons. The summed E-state index contributed by atoms with van der Waals surface area (Å²) in [6.07, 6.45) is 1.92. The maximum Gasteiger partial charge on any atom is 0.270 e. The molecular weight excluding hydrogens is 343 g/mol. The molecule has 0 unspecified atom stereocenters. The van der Waals surface area contributed by atoms with Crippen molar-refractivity contribution in [2.24, 2.45) is 0 Å². The van der Waals surface area contributed by atoms with Crippen molar-refractivity contribution >= 4 is 11.6 Å². The Hall–Kier alpha value is -2.76. The Labute approximate surface area is 158 Å². The summed E-state index contributed by atoms with van der Waals surface area (Å²) in [6.45, 7) is 8.91. The maximum atomic E-state index is 13.4. The molecule has 1 N–H and O–H groups in total. The van der Waals surface area contributed by atoms with Gasteiger partial charge in [0.05, 0.1) is 11.4 Å². The normalized spacial score (nSPS) is 11.7. The highest BCUT2D eigenvalue weighted by atomic mass is 19.1. The lowest BCUT2D eigenvalue weighted by atomic mass is 9.93. The summed E-state index contributed by atoms with van der Waals surface area (Å²) in [7, 11) is 0. The first-order chi connectivity index (χ1) is 12.8. The van der Waals surface area contributed by atoms with Gasteiger partial charge in [-0.05, 0) is 36.8 Å². The average molecular weight is 368 g/mol. The van der Waals surface area contributed by atoms with Crippen LogP contribution in [-0.4, -0.2) is 27.0 Å². The van der Waals surface area contributed by atoms with Gasteiger partial charge in [-0.1, -0.05) is 34.1 Å². The SMILES string of the molecule is CCCCNC(=O)c1cc(-c2ccc(F)cc2)n2nc(C(C)(C)C)cc2n1. The van der Waals surface area contributed by atoms with Gasteiger partial charge in [0.15, 0.2) is 5.65 Å². The molecule has 0 aliphatic carbocycles. The van der Waals surface area contributed by atoms with Crippen molar-refractivity contribution < 1.29 is 9.18 Å². The lowest BCUT2D eigenvalue weighted by Crippen LogP contribution is -2.25. The number of nitrogens with one attached hydrogen (secondary N) is 1. The van der Waals surface area contributed by atoms with E-state index in [1.54, 1.807) is 22.7 Å². The Morgan fingerprint density at radius 1 is 1.19 bits per heavy atom. The fourth-order valence-corrected chi connectivity index (χ4v) is 2.75. The molecule has 1 amide bonds. The number of carbonyl (C=O) groups is 1. The van der Waals surface area contributed by atoms with E-state index in [9.17, 15) is 9.18 Å². The number of benzene rings is 1. The number of hydrogen-bond donors (Lipinski definition) is 1. The Morgan fingerprint density at radius 2 is 1.89 bits per heavy atom. The Morgan fingerprint density at radius 3 is 2.52 bits per heavy atom. The Kier molecular flexibility index (Phi) is 5.26. The summed E-state index contributed by atoms with van der Waals surface area (Å²) in [4.78, 5) is 17.0. The van der Waals surface area contributed by atoms with Gasteiger partial charge >= 0.3 is 0 Å². The highest BCUT2D eigenvalue weighted by molar-refractivity contribution is 5.93. The van der Waals surface area contributed by atoms with Crippen LogP contribution in [-0.2, 0) is 5.41 Å². The monoisotopic (exact) mass is 368 g/mol. The zero-order chi connectivity index (χ0) is 19.6. The quantitative estimate of drug-likeness (QED) is 0.681. The molecule has 0 saturated heterocycles. The molecule has 0 aliphatic rings. The third-order valence-corrected chi connectivity index (χ3v) is 4.38. The summed E-state index contributed by atoms with van der Waals surface area (Å²) in [5, 5.41) is 7.59. The summed E-state index contributed by atoms with van der Waals surface area (Å²) in [5.41, 5.74) is 3.13. The Bertz CT molecular complexity index is 955. The molecule has 3 aromatic rings. The van der Waals surface area contributed by atoms with Crippen LogP contribution in [0.1, 0.15) is 56.7 Å². The minimum Gasteiger partial charge on any atom is -0.351 e. The van der Waals surface area contributed by atoms with E-state index < -0.39 is 0 Å². The fourth-order valence-electron chi connectivity index (χ4n) is 2.75. The standard InChI is InChI=1S/C21H25FN4O/c1-5-6-11-23-20(27)16-12-17(14-7-9-15(22)10-8-14)26-19(24-16)13-18(25-26)21(2,3)4/h7-10,12-13H,5-6,11H2,1-4H3,(H,23,27). The molecule has 0 saturated carbocycles. The minimum atomic E-state index is -0.308. The van der Waals surface area contributed by atoms with E-state index in [1.165, 1.54) is 12.1 Å². The second-order valence-electron chi connectivity index (χ2n) is 7.69. The number of amides is 1. The second-order valence-corrected chi connectivity index (χ2v) is 7.69. The van der Waals surface area contributed by atoms with Crippen LogP contribution < -0.4 is 5.32 Å². The molecule has 1 aromatic carbocycles. The predicted molar refractivity (Wildman–Crippen MR) is 104 cm³/mol. The highest BCUT2D eigenvalue weighted by Crippen LogP contribution is 2.26. The lowest BCUT2D eigenvalue weighted by Gasteiger charge is -2.13. The highest BCUT2D eigenvalue weighted by Gasteiger charge is 2.21. The largest absolute Gasteiger partial charge is 0.351 e. The lowest BCUT2D eigenvalue weighted by molar-refractivity contribution is 0.0948. The third-order valence-electron chi connectivity index (χ3n) is 4.38. The van der Waals surface area contributed by atoms with Gasteiger partial charge in [0.25, 0.3) is 5.91 Å². The fraction of sp³-hybridized carbons (Fsp3) is 0.381. The van der Waals surface area contributed by atoms with E-state index in [-0.39, 0.29) is 17.1 Å². The van der Waals surface area contributed by atoms with Crippen LogP contribution >= 0.6 is 0 Å². The first-order valence-electron chi connectivity index (χ1n) is 9.25. The van der Waals surface area contributed by atoms with E-state index in [0.717, 1.165) is 24.1 Å². The van der Waals surface area contributed by atoms with Crippen molar-refractivity contribution in [3.05, 3.63) is 53.6 Å². The second kappa shape index (κ2) is 7.47. The van der Waals surface area contributed by atoms with Crippen LogP contribution in [0.15, 0.2) is 36.4 Å². The van der Waals surface area contributed by atoms with E-state index in [2.05, 4.69) is 43.1 Å². The number of halogens is 1. The van der Waals surface area contributed by atoms with Gasteiger partial charge in [0.1, 0.15) is 11.5 Å². The van der Waals surface area contributed by atoms with Gasteiger partial charge < -0.3 is 5.32 Å². The summed E-state index contributed by atoms with van der Waals surface area (Å²) >= 11 is 0. The van der Waals surface area contributed by atoms with Gasteiger partial charge in [-0.15, -0.1) is 0 Å². The van der Waals surface area contributed by atoms with Crippen molar-refractivity contribution in [3.63, 3.8) is 0 Å². The predicted octanol–water partition coefficient (Wildman–Crippen LogP) is 4.36. The maximum absolute atomic E-state index is 13.4. The first-order valence-corrected chi connectivity index (χ1v) is 9.25. The van der Waals surface area contributed by atoms with Crippen molar-refractivity contribution in [1.82, 2.24) is 19.9 Å². The molecule has 0 aliphatic heterocycles. The molecular formula is C21H25FN4O. The molecule has 0 fully saturated rings. The molecule has 2 aromatic heterocycles. The van der Waals surface area contributed by atoms with E-state index in [4.69, 9.17) is 0 Å². The number of carbonyl (C=O) groups excluding carboxylic acids is 1. The van der Waals surface area contributed by atoms with Gasteiger partial charge in [0.2, 0.25) is 0 Å². The molecule has 3 rings (SSSR count). The van der Waals surface area contributed by atoms with Crippen LogP contribution in [0.5, 0.6) is 0 Å². The van der Waals surface area contributed by atoms with Crippen molar-refractivity contribution in [1.29, 1.82) is 0 Å². The molecule has 5 nitrogen and oxygen atoms in total. The van der Waals surface area contributed by atoms with Gasteiger partial charge in [0, 0.05) is 23.6 Å². The number of unbranched alkanes of at least 4 members (excludes halogenated alkanes) is 1. The van der Waals surface area contributed by atoms with E-state index in [0.29, 0.717) is 23.6 Å². The summed E-state index contributed by atoms with van der Waals surface area (Å²) in [6, 6.07) is 9.77. The van der Waals surface area contributed by atoms with Crippen molar-refractivity contribution in [2.45, 2.75) is 46.0 Å². The first kappa shape index (κ1) is 19.0. The topological polar surface area (TPSA) is 59.3 Å². The Balaban J connectivity index is 2.13. The molecule has 0 bridgehead atoms. The van der Waals surface area contributed by atoms with Crippen molar-refractivity contribution in [2.75, 3.05) is 6.54 Å². The zero-order valence-corrected chi connectivity index (χ0v) is 16.2. The molecule has 27 heavy (non-hydrogen) atoms. The number of fused-ring (bicyclic) bond motifs is 1. The van der Waals surface area contributed by atoms with Gasteiger partial charge in [-0.3, -0.25) is 4.79 Å². The summed E-state index contributed by atoms with van der Waals surface area (Å²) < 4.78 is 15.1. The van der Waals surface area contributed by atoms with E-state index >= 15 is 0 Å². The van der Waals surface area contributed by atoms with Gasteiger partial charge in [-0.25, -0.2) is 13.9 Å². The van der Waals surface area contributed by atoms with Crippen LogP contribution in [0.4, 0.5) is 4.39 Å². The third kappa shape index (κ3) is 4.15. The number of aromatic nitrogens is 3. The van der Waals surface area contributed by atoms with E-state index in [1.807, 2.05) is 6.07 Å². The zero-order valence-electron chi connectivity index (χ0n) is 16.2. The molecule has 0 atom stereocenters. The molecule has 0 spiro atoms. The molecule has 2 heterocycles. The smallest absolute Gasteiger partial charge is 0.270 e. The number of rotatable bonds is 5. The van der Waals surface area contributed by atoms with Crippen LogP contribution in [0.2, 0.25) is 0 Å². The minimum absolute atomic E-state index is 0.155. The molecule has 6 heteroatoms. The van der Waals surface area contributed by atoms with Gasteiger partial charge in [-0.2, -0.15) is 5.10 Å². The van der Waals surface area contributed by atoms with Crippen LogP contribution in [0, 0.1) is 5.82 Å². The van der Waals surface area contributed by atoms with Crippen LogP contribution in [0.3, 0.4) is 0 Å². The number of hydrogen-bond acceptors (Lipinski definition) is 3. The number of nitrogens with zero attached hydrogens (tertiary/aromatic N) is 3. The molecule has 0 radical (unpaired) electrons. The van der Waals surface area contributed by atoms with Crippen LogP contribution in [0.25, 0.3) is 16.9 Å². The average Bonchev–Trinajstić information content (AvgIpc) is 3.06. The summed E-state index contributed by atoms with van der Waals surface area (Å²) in [5.74, 6) is -0.523.